The van der Waals surface area contributed by atoms with Crippen molar-refractivity contribution < 1.29 is 24.1 Å². The van der Waals surface area contributed by atoms with Crippen molar-refractivity contribution in [3.8, 4) is 0 Å². The molecule has 3 rings (SSSR count). The molecule has 0 aromatic carbocycles. The van der Waals surface area contributed by atoms with Crippen LogP contribution < -0.4 is 11.1 Å². The highest BCUT2D eigenvalue weighted by Gasteiger charge is 2.51. The second kappa shape index (κ2) is 4.65. The van der Waals surface area contributed by atoms with E-state index in [9.17, 15) is 14.3 Å². The van der Waals surface area contributed by atoms with E-state index in [4.69, 9.17) is 15.6 Å². The lowest BCUT2D eigenvalue weighted by molar-refractivity contribution is -0.123. The molecule has 3 heterocycles. The van der Waals surface area contributed by atoms with Crippen molar-refractivity contribution in [2.75, 3.05) is 6.61 Å². The lowest BCUT2D eigenvalue weighted by atomic mass is 10.1. The zero-order valence-corrected chi connectivity index (χ0v) is 10.3. The number of aliphatic hydroxyl groups excluding tert-OH is 2. The Morgan fingerprint density at radius 1 is 1.60 bits per heavy atom. The van der Waals surface area contributed by atoms with E-state index < -0.39 is 49.3 Å². The van der Waals surface area contributed by atoms with Crippen LogP contribution in [-0.4, -0.2) is 76.7 Å². The van der Waals surface area contributed by atoms with Gasteiger partial charge in [-0.1, -0.05) is 0 Å². The number of carbonyl (C=O) groups excluding carboxylic acids is 1. The largest absolute Gasteiger partial charge is 0.394 e. The lowest BCUT2D eigenvalue weighted by Gasteiger charge is -2.32. The zero-order valence-electron chi connectivity index (χ0n) is 10.3. The number of nitrogens with two attached hydrogens (primary N) is 1. The molecule has 1 fully saturated rings. The number of alkyl halides is 1. The number of aliphatic imine (C=N–C) groups is 2. The first kappa shape index (κ1) is 13.2. The van der Waals surface area contributed by atoms with E-state index in [1.54, 1.807) is 0 Å². The summed E-state index contributed by atoms with van der Waals surface area (Å²) in [4.78, 5) is 20.9. The molecular formula is C10H14FN5O4. The first-order valence-electron chi connectivity index (χ1n) is 6.06. The summed E-state index contributed by atoms with van der Waals surface area (Å²) < 4.78 is 19.3. The Kier molecular flexibility index (Phi) is 3.07. The van der Waals surface area contributed by atoms with Gasteiger partial charge in [-0.05, 0) is 0 Å². The van der Waals surface area contributed by atoms with Gasteiger partial charge in [0.1, 0.15) is 12.2 Å². The minimum atomic E-state index is -1.75. The molecular weight excluding hydrogens is 273 g/mol. The van der Waals surface area contributed by atoms with Crippen LogP contribution in [0.25, 0.3) is 0 Å². The van der Waals surface area contributed by atoms with Gasteiger partial charge < -0.3 is 25.6 Å². The molecule has 0 radical (unpaired) electrons. The number of ether oxygens (including phenoxy) is 1. The third kappa shape index (κ3) is 1.84. The fourth-order valence-electron chi connectivity index (χ4n) is 2.48. The SMILES string of the molecule is NC1=NC2C(N=CN2C2OC(CO)C(O)C2F)C(=O)N1. The second-order valence-electron chi connectivity index (χ2n) is 4.76. The van der Waals surface area contributed by atoms with E-state index in [0.29, 0.717) is 0 Å². The topological polar surface area (TPSA) is 133 Å². The number of fused-ring (bicyclic) bond motifs is 1. The third-order valence-corrected chi connectivity index (χ3v) is 3.51. The fourth-order valence-corrected chi connectivity index (χ4v) is 2.48. The fraction of sp³-hybridized carbons (Fsp3) is 0.700. The highest BCUT2D eigenvalue weighted by Crippen LogP contribution is 2.31. The summed E-state index contributed by atoms with van der Waals surface area (Å²) >= 11 is 0. The highest BCUT2D eigenvalue weighted by atomic mass is 19.1. The number of rotatable bonds is 2. The molecule has 0 bridgehead atoms. The smallest absolute Gasteiger partial charge is 0.255 e. The van der Waals surface area contributed by atoms with Crippen molar-refractivity contribution in [3.63, 3.8) is 0 Å². The molecule has 5 N–H and O–H groups in total. The molecule has 3 aliphatic heterocycles. The molecule has 1 amide bonds. The van der Waals surface area contributed by atoms with Gasteiger partial charge in [-0.3, -0.25) is 15.1 Å². The number of hydrogen-bond donors (Lipinski definition) is 4. The summed E-state index contributed by atoms with van der Waals surface area (Å²) in [5.74, 6) is -0.520. The number of nitrogens with zero attached hydrogens (tertiary/aromatic N) is 3. The van der Waals surface area contributed by atoms with E-state index in [0.717, 1.165) is 0 Å². The van der Waals surface area contributed by atoms with Crippen LogP contribution in [0, 0.1) is 0 Å². The molecule has 6 atom stereocenters. The number of hydrogen-bond acceptors (Lipinski definition) is 8. The van der Waals surface area contributed by atoms with Gasteiger partial charge in [-0.15, -0.1) is 0 Å². The Morgan fingerprint density at radius 3 is 3.00 bits per heavy atom. The van der Waals surface area contributed by atoms with Crippen LogP contribution in [0.4, 0.5) is 4.39 Å². The van der Waals surface area contributed by atoms with Crippen LogP contribution in [0.5, 0.6) is 0 Å². The van der Waals surface area contributed by atoms with E-state index in [1.807, 2.05) is 0 Å². The van der Waals surface area contributed by atoms with Crippen molar-refractivity contribution in [3.05, 3.63) is 0 Å². The molecule has 10 heteroatoms. The molecule has 110 valence electrons. The molecule has 6 unspecified atom stereocenters. The molecule has 1 saturated heterocycles. The Hall–Kier alpha value is -1.78. The predicted octanol–water partition coefficient (Wildman–Crippen LogP) is -3.11. The summed E-state index contributed by atoms with van der Waals surface area (Å²) in [6.07, 6.45) is -4.96. The molecule has 0 saturated carbocycles. The Morgan fingerprint density at radius 2 is 2.35 bits per heavy atom. The molecule has 3 aliphatic rings. The number of amides is 1. The summed E-state index contributed by atoms with van der Waals surface area (Å²) in [6.45, 7) is -0.511. The Labute approximate surface area is 112 Å². The summed E-state index contributed by atoms with van der Waals surface area (Å²) in [5, 5.41) is 21.0. The quantitative estimate of drug-likeness (QED) is 0.425. The summed E-state index contributed by atoms with van der Waals surface area (Å²) in [6, 6.07) is -0.830. The number of guanidine groups is 1. The highest BCUT2D eigenvalue weighted by molar-refractivity contribution is 6.02. The van der Waals surface area contributed by atoms with Gasteiger partial charge in [-0.25, -0.2) is 9.38 Å². The van der Waals surface area contributed by atoms with Crippen LogP contribution in [0.1, 0.15) is 0 Å². The maximum Gasteiger partial charge on any atom is 0.255 e. The first-order chi connectivity index (χ1) is 9.52. The molecule has 0 aromatic rings. The Bertz CT molecular complexity index is 486. The average molecular weight is 287 g/mol. The van der Waals surface area contributed by atoms with Gasteiger partial charge >= 0.3 is 0 Å². The zero-order chi connectivity index (χ0) is 14.4. The van der Waals surface area contributed by atoms with E-state index >= 15 is 0 Å². The maximum atomic E-state index is 14.1. The van der Waals surface area contributed by atoms with Gasteiger partial charge in [0.25, 0.3) is 5.91 Å². The minimum absolute atomic E-state index is 0.0839. The average Bonchev–Trinajstić information content (AvgIpc) is 2.93. The van der Waals surface area contributed by atoms with Crippen molar-refractivity contribution >= 4 is 18.2 Å². The van der Waals surface area contributed by atoms with Gasteiger partial charge in [0, 0.05) is 0 Å². The normalized spacial score (nSPS) is 43.5. The van der Waals surface area contributed by atoms with Crippen molar-refractivity contribution in [1.29, 1.82) is 0 Å². The van der Waals surface area contributed by atoms with Crippen molar-refractivity contribution in [2.24, 2.45) is 15.7 Å². The van der Waals surface area contributed by atoms with Gasteiger partial charge in [0.15, 0.2) is 30.6 Å². The van der Waals surface area contributed by atoms with Crippen molar-refractivity contribution in [1.82, 2.24) is 10.2 Å². The van der Waals surface area contributed by atoms with Crippen LogP contribution in [0.15, 0.2) is 9.98 Å². The van der Waals surface area contributed by atoms with E-state index in [-0.39, 0.29) is 5.96 Å². The standard InChI is InChI=1S/C10H14FN5O4/c11-4-6(18)3(1-17)20-9(4)16-2-13-5-7(16)14-10(12)15-8(5)19/h2-7,9,17-18H,1H2,(H3,12,14,15,19). The first-order valence-corrected chi connectivity index (χ1v) is 6.06. The van der Waals surface area contributed by atoms with Crippen molar-refractivity contribution in [2.45, 2.75) is 36.8 Å². The summed E-state index contributed by atoms with van der Waals surface area (Å²) in [5.41, 5.74) is 5.47. The minimum Gasteiger partial charge on any atom is -0.394 e. The molecule has 0 aromatic heterocycles. The predicted molar refractivity (Wildman–Crippen MR) is 64.3 cm³/mol. The monoisotopic (exact) mass is 287 g/mol. The Balaban J connectivity index is 1.84. The van der Waals surface area contributed by atoms with E-state index in [1.165, 1.54) is 11.2 Å². The molecule has 9 nitrogen and oxygen atoms in total. The number of halogens is 1. The summed E-state index contributed by atoms with van der Waals surface area (Å²) in [7, 11) is 0. The molecule has 0 aliphatic carbocycles. The van der Waals surface area contributed by atoms with Crippen LogP contribution in [0.2, 0.25) is 0 Å². The van der Waals surface area contributed by atoms with Gasteiger partial charge in [0.2, 0.25) is 0 Å². The van der Waals surface area contributed by atoms with Crippen LogP contribution in [-0.2, 0) is 9.53 Å². The molecule has 0 spiro atoms. The number of nitrogens with one attached hydrogen (secondary N) is 1. The number of aliphatic hydroxyl groups is 2. The van der Waals surface area contributed by atoms with Crippen LogP contribution in [0.3, 0.4) is 0 Å². The number of carbonyl (C=O) groups is 1. The maximum absolute atomic E-state index is 14.1. The van der Waals surface area contributed by atoms with Crippen LogP contribution >= 0.6 is 0 Å². The molecule has 20 heavy (non-hydrogen) atoms. The van der Waals surface area contributed by atoms with E-state index in [2.05, 4.69) is 15.3 Å². The van der Waals surface area contributed by atoms with Gasteiger partial charge in [-0.2, -0.15) is 0 Å². The third-order valence-electron chi connectivity index (χ3n) is 3.51. The lowest BCUT2D eigenvalue weighted by Crippen LogP contribution is -2.56. The van der Waals surface area contributed by atoms with Gasteiger partial charge in [0.05, 0.1) is 12.9 Å². The second-order valence-corrected chi connectivity index (χ2v) is 4.76.